The number of carbonyl (C=O) groups excluding carboxylic acids is 1. The maximum Gasteiger partial charge on any atom is 0.225 e. The van der Waals surface area contributed by atoms with Gasteiger partial charge in [0.15, 0.2) is 11.5 Å². The second-order valence-electron chi connectivity index (χ2n) is 7.76. The molecule has 0 aliphatic carbocycles. The van der Waals surface area contributed by atoms with Gasteiger partial charge in [-0.2, -0.15) is 5.10 Å². The molecule has 0 radical (unpaired) electrons. The largest absolute Gasteiger partial charge is 0.493 e. The lowest BCUT2D eigenvalue weighted by molar-refractivity contribution is -0.121. The molecular weight excluding hydrogens is 442 g/mol. The van der Waals surface area contributed by atoms with Crippen molar-refractivity contribution in [2.75, 3.05) is 27.4 Å². The number of hydrogen-bond acceptors (Lipinski definition) is 5. The highest BCUT2D eigenvalue weighted by atomic mass is 35.5. The number of benzene rings is 2. The average molecular weight is 472 g/mol. The van der Waals surface area contributed by atoms with E-state index in [1.807, 2.05) is 67.9 Å². The van der Waals surface area contributed by atoms with E-state index in [4.69, 9.17) is 25.8 Å². The van der Waals surface area contributed by atoms with Crippen LogP contribution in [0.15, 0.2) is 42.5 Å². The van der Waals surface area contributed by atoms with Crippen LogP contribution < -0.4 is 14.8 Å². The maximum absolute atomic E-state index is 12.9. The average Bonchev–Trinajstić information content (AvgIpc) is 3.08. The van der Waals surface area contributed by atoms with Crippen LogP contribution in [0, 0.1) is 13.8 Å². The van der Waals surface area contributed by atoms with Gasteiger partial charge >= 0.3 is 0 Å². The second-order valence-corrected chi connectivity index (χ2v) is 8.19. The fourth-order valence-corrected chi connectivity index (χ4v) is 3.73. The molecule has 0 fully saturated rings. The van der Waals surface area contributed by atoms with Crippen LogP contribution in [0.4, 0.5) is 0 Å². The summed E-state index contributed by atoms with van der Waals surface area (Å²) in [6, 6.07) is 12.9. The van der Waals surface area contributed by atoms with Crippen molar-refractivity contribution in [2.24, 2.45) is 0 Å². The molecule has 1 N–H and O–H groups in total. The third-order valence-electron chi connectivity index (χ3n) is 5.46. The SMILES string of the molecule is COCCOc1ccc(C(C)NC(=O)Cc2c(C)nn(-c3ccc(Cl)cc3)c2C)cc1OC. The molecule has 1 heterocycles. The first-order chi connectivity index (χ1) is 15.8. The molecule has 0 saturated carbocycles. The summed E-state index contributed by atoms with van der Waals surface area (Å²) in [5, 5.41) is 8.35. The molecule has 0 aliphatic heterocycles. The minimum atomic E-state index is -0.202. The number of nitrogens with one attached hydrogen (secondary N) is 1. The molecule has 1 amide bonds. The smallest absolute Gasteiger partial charge is 0.225 e. The van der Waals surface area contributed by atoms with Crippen LogP contribution in [0.25, 0.3) is 5.69 Å². The lowest BCUT2D eigenvalue weighted by Crippen LogP contribution is -2.28. The van der Waals surface area contributed by atoms with Gasteiger partial charge in [-0.05, 0) is 62.7 Å². The number of aromatic nitrogens is 2. The third-order valence-corrected chi connectivity index (χ3v) is 5.71. The lowest BCUT2D eigenvalue weighted by Gasteiger charge is -2.17. The monoisotopic (exact) mass is 471 g/mol. The molecule has 3 aromatic rings. The number of carbonyl (C=O) groups is 1. The van der Waals surface area contributed by atoms with Crippen molar-refractivity contribution in [2.45, 2.75) is 33.2 Å². The van der Waals surface area contributed by atoms with Crippen LogP contribution in [0.1, 0.15) is 35.5 Å². The van der Waals surface area contributed by atoms with E-state index in [9.17, 15) is 4.79 Å². The molecular formula is C25H30ClN3O4. The predicted molar refractivity (Wildman–Crippen MR) is 129 cm³/mol. The van der Waals surface area contributed by atoms with E-state index >= 15 is 0 Å². The van der Waals surface area contributed by atoms with E-state index in [1.165, 1.54) is 0 Å². The molecule has 1 aromatic heterocycles. The Bertz CT molecular complexity index is 1100. The Labute approximate surface area is 199 Å². The van der Waals surface area contributed by atoms with Gasteiger partial charge in [-0.1, -0.05) is 17.7 Å². The number of rotatable bonds is 10. The van der Waals surface area contributed by atoms with Crippen molar-refractivity contribution < 1.29 is 19.0 Å². The molecule has 176 valence electrons. The Hall–Kier alpha value is -3.03. The van der Waals surface area contributed by atoms with Crippen LogP contribution in [-0.4, -0.2) is 43.1 Å². The zero-order chi connectivity index (χ0) is 24.0. The van der Waals surface area contributed by atoms with Gasteiger partial charge in [0.25, 0.3) is 0 Å². The first-order valence-corrected chi connectivity index (χ1v) is 11.1. The zero-order valence-electron chi connectivity index (χ0n) is 19.6. The van der Waals surface area contributed by atoms with E-state index in [0.29, 0.717) is 29.7 Å². The molecule has 3 rings (SSSR count). The van der Waals surface area contributed by atoms with Crippen molar-refractivity contribution in [1.29, 1.82) is 0 Å². The predicted octanol–water partition coefficient (Wildman–Crippen LogP) is 4.60. The number of nitrogens with zero attached hydrogens (tertiary/aromatic N) is 2. The Morgan fingerprint density at radius 1 is 1.09 bits per heavy atom. The summed E-state index contributed by atoms with van der Waals surface area (Å²) in [4.78, 5) is 12.9. The summed E-state index contributed by atoms with van der Waals surface area (Å²) < 4.78 is 18.0. The van der Waals surface area contributed by atoms with E-state index < -0.39 is 0 Å². The molecule has 1 unspecified atom stereocenters. The molecule has 2 aromatic carbocycles. The summed E-state index contributed by atoms with van der Waals surface area (Å²) in [5.41, 5.74) is 4.49. The standard InChI is InChI=1S/C25H30ClN3O4/c1-16(19-6-11-23(24(14-19)32-5)33-13-12-31-4)27-25(30)15-22-17(2)28-29(18(22)3)21-9-7-20(26)8-10-21/h6-11,14,16H,12-13,15H2,1-5H3,(H,27,30). The molecule has 1 atom stereocenters. The van der Waals surface area contributed by atoms with Crippen molar-refractivity contribution in [3.05, 3.63) is 70.0 Å². The van der Waals surface area contributed by atoms with Gasteiger partial charge in [-0.3, -0.25) is 4.79 Å². The molecule has 0 saturated heterocycles. The minimum Gasteiger partial charge on any atom is -0.493 e. The Morgan fingerprint density at radius 3 is 2.48 bits per heavy atom. The summed E-state index contributed by atoms with van der Waals surface area (Å²) >= 11 is 6.00. The molecule has 7 nitrogen and oxygen atoms in total. The number of halogens is 1. The topological polar surface area (TPSA) is 74.6 Å². The van der Waals surface area contributed by atoms with E-state index in [0.717, 1.165) is 28.2 Å². The number of hydrogen-bond donors (Lipinski definition) is 1. The number of ether oxygens (including phenoxy) is 3. The minimum absolute atomic E-state index is 0.0799. The number of amides is 1. The summed E-state index contributed by atoms with van der Waals surface area (Å²) in [6.45, 7) is 6.74. The summed E-state index contributed by atoms with van der Waals surface area (Å²) in [7, 11) is 3.22. The summed E-state index contributed by atoms with van der Waals surface area (Å²) in [5.74, 6) is 1.17. The van der Waals surface area contributed by atoms with Gasteiger partial charge < -0.3 is 19.5 Å². The van der Waals surface area contributed by atoms with Crippen LogP contribution in [0.2, 0.25) is 5.02 Å². The zero-order valence-corrected chi connectivity index (χ0v) is 20.4. The van der Waals surface area contributed by atoms with Crippen LogP contribution in [0.3, 0.4) is 0 Å². The first-order valence-electron chi connectivity index (χ1n) is 10.7. The van der Waals surface area contributed by atoms with Crippen LogP contribution in [-0.2, 0) is 16.0 Å². The van der Waals surface area contributed by atoms with Crippen LogP contribution >= 0.6 is 11.6 Å². The van der Waals surface area contributed by atoms with Crippen molar-refractivity contribution >= 4 is 17.5 Å². The lowest BCUT2D eigenvalue weighted by atomic mass is 10.1. The van der Waals surface area contributed by atoms with Gasteiger partial charge in [0, 0.05) is 23.4 Å². The molecule has 0 aliphatic rings. The Balaban J connectivity index is 1.69. The molecule has 8 heteroatoms. The van der Waals surface area contributed by atoms with E-state index in [2.05, 4.69) is 10.4 Å². The third kappa shape index (κ3) is 6.06. The highest BCUT2D eigenvalue weighted by Crippen LogP contribution is 2.30. The van der Waals surface area contributed by atoms with Crippen molar-refractivity contribution in [3.8, 4) is 17.2 Å². The molecule has 0 spiro atoms. The normalized spacial score (nSPS) is 11.8. The number of aryl methyl sites for hydroxylation is 1. The van der Waals surface area contributed by atoms with E-state index in [-0.39, 0.29) is 18.4 Å². The van der Waals surface area contributed by atoms with Crippen molar-refractivity contribution in [1.82, 2.24) is 15.1 Å². The van der Waals surface area contributed by atoms with Crippen molar-refractivity contribution in [3.63, 3.8) is 0 Å². The molecule has 33 heavy (non-hydrogen) atoms. The van der Waals surface area contributed by atoms with Gasteiger partial charge in [0.2, 0.25) is 5.91 Å². The van der Waals surface area contributed by atoms with E-state index in [1.54, 1.807) is 14.2 Å². The quantitative estimate of drug-likeness (QED) is 0.437. The summed E-state index contributed by atoms with van der Waals surface area (Å²) in [6.07, 6.45) is 0.241. The maximum atomic E-state index is 12.9. The first kappa shape index (κ1) is 24.6. The molecule has 0 bridgehead atoms. The fourth-order valence-electron chi connectivity index (χ4n) is 3.61. The second kappa shape index (κ2) is 11.2. The highest BCUT2D eigenvalue weighted by Gasteiger charge is 2.18. The Kier molecular flexibility index (Phi) is 8.36. The Morgan fingerprint density at radius 2 is 1.82 bits per heavy atom. The number of methoxy groups -OCH3 is 2. The van der Waals surface area contributed by atoms with Gasteiger partial charge in [0.1, 0.15) is 6.61 Å². The highest BCUT2D eigenvalue weighted by molar-refractivity contribution is 6.30. The fraction of sp³-hybridized carbons (Fsp3) is 0.360. The van der Waals surface area contributed by atoms with Gasteiger partial charge in [-0.25, -0.2) is 4.68 Å². The van der Waals surface area contributed by atoms with Gasteiger partial charge in [0.05, 0.1) is 37.6 Å². The van der Waals surface area contributed by atoms with Crippen LogP contribution in [0.5, 0.6) is 11.5 Å². The van der Waals surface area contributed by atoms with Gasteiger partial charge in [-0.15, -0.1) is 0 Å².